The first-order valence-electron chi connectivity index (χ1n) is 6.86. The molecule has 0 spiro atoms. The number of hydrogen-bond donors (Lipinski definition) is 2. The number of morpholine rings is 1. The Morgan fingerprint density at radius 2 is 2.17 bits per heavy atom. The SMILES string of the molecule is CCC(CC)(CN)C(=O)NCC1CN(C)CCO1. The second kappa shape index (κ2) is 7.07. The number of likely N-dealkylation sites (N-methyl/N-ethyl adjacent to an activating group) is 1. The molecule has 3 N–H and O–H groups in total. The first-order valence-corrected chi connectivity index (χ1v) is 6.86. The first kappa shape index (κ1) is 15.4. The van der Waals surface area contributed by atoms with Crippen molar-refractivity contribution in [3.63, 3.8) is 0 Å². The van der Waals surface area contributed by atoms with Gasteiger partial charge in [0.25, 0.3) is 0 Å². The van der Waals surface area contributed by atoms with E-state index in [4.69, 9.17) is 10.5 Å². The van der Waals surface area contributed by atoms with Crippen molar-refractivity contribution in [1.82, 2.24) is 10.2 Å². The molecule has 5 nitrogen and oxygen atoms in total. The molecule has 1 unspecified atom stereocenters. The summed E-state index contributed by atoms with van der Waals surface area (Å²) in [6, 6.07) is 0. The van der Waals surface area contributed by atoms with Gasteiger partial charge < -0.3 is 20.7 Å². The Balaban J connectivity index is 2.44. The molecule has 1 aliphatic rings. The molecule has 1 saturated heterocycles. The Kier molecular flexibility index (Phi) is 6.05. The summed E-state index contributed by atoms with van der Waals surface area (Å²) in [5, 5.41) is 3.00. The zero-order valence-electron chi connectivity index (χ0n) is 11.9. The quantitative estimate of drug-likeness (QED) is 0.713. The summed E-state index contributed by atoms with van der Waals surface area (Å²) < 4.78 is 5.62. The van der Waals surface area contributed by atoms with Crippen LogP contribution in [0, 0.1) is 5.41 Å². The number of carbonyl (C=O) groups excluding carboxylic acids is 1. The maximum atomic E-state index is 12.2. The maximum absolute atomic E-state index is 12.2. The number of nitrogens with one attached hydrogen (secondary N) is 1. The van der Waals surface area contributed by atoms with Crippen LogP contribution in [-0.4, -0.2) is 56.7 Å². The minimum atomic E-state index is -0.416. The molecule has 1 rings (SSSR count). The van der Waals surface area contributed by atoms with Gasteiger partial charge in [0, 0.05) is 26.2 Å². The second-order valence-electron chi connectivity index (χ2n) is 5.16. The van der Waals surface area contributed by atoms with E-state index < -0.39 is 5.41 Å². The van der Waals surface area contributed by atoms with E-state index in [1.165, 1.54) is 0 Å². The fraction of sp³-hybridized carbons (Fsp3) is 0.923. The summed E-state index contributed by atoms with van der Waals surface area (Å²) in [6.07, 6.45) is 1.64. The Bertz CT molecular complexity index is 259. The van der Waals surface area contributed by atoms with Gasteiger partial charge in [-0.05, 0) is 19.9 Å². The van der Waals surface area contributed by atoms with Crippen LogP contribution in [0.5, 0.6) is 0 Å². The molecule has 1 fully saturated rings. The van der Waals surface area contributed by atoms with E-state index in [2.05, 4.69) is 17.3 Å². The van der Waals surface area contributed by atoms with Crippen molar-refractivity contribution in [3.05, 3.63) is 0 Å². The third-order valence-corrected chi connectivity index (χ3v) is 4.06. The molecule has 0 saturated carbocycles. The van der Waals surface area contributed by atoms with Gasteiger partial charge in [0.2, 0.25) is 5.91 Å². The van der Waals surface area contributed by atoms with Gasteiger partial charge in [-0.1, -0.05) is 13.8 Å². The number of nitrogens with two attached hydrogens (primary N) is 1. The molecular formula is C13H27N3O2. The number of ether oxygens (including phenoxy) is 1. The first-order chi connectivity index (χ1) is 8.57. The van der Waals surface area contributed by atoms with Crippen LogP contribution in [0.1, 0.15) is 26.7 Å². The predicted octanol–water partition coefficient (Wildman–Crippen LogP) is 0.198. The lowest BCUT2D eigenvalue weighted by molar-refractivity contribution is -0.132. The van der Waals surface area contributed by atoms with Gasteiger partial charge in [-0.3, -0.25) is 4.79 Å². The molecule has 18 heavy (non-hydrogen) atoms. The van der Waals surface area contributed by atoms with Gasteiger partial charge in [0.1, 0.15) is 0 Å². The standard InChI is InChI=1S/C13H27N3O2/c1-4-13(5-2,10-14)12(17)15-8-11-9-16(3)6-7-18-11/h11H,4-10,14H2,1-3H3,(H,15,17). The molecule has 5 heteroatoms. The fourth-order valence-electron chi connectivity index (χ4n) is 2.34. The molecule has 1 heterocycles. The molecule has 1 amide bonds. The monoisotopic (exact) mass is 257 g/mol. The highest BCUT2D eigenvalue weighted by atomic mass is 16.5. The van der Waals surface area contributed by atoms with Crippen molar-refractivity contribution >= 4 is 5.91 Å². The van der Waals surface area contributed by atoms with Crippen LogP contribution in [0.25, 0.3) is 0 Å². The van der Waals surface area contributed by atoms with Crippen LogP contribution < -0.4 is 11.1 Å². The van der Waals surface area contributed by atoms with E-state index in [1.807, 2.05) is 13.8 Å². The van der Waals surface area contributed by atoms with E-state index >= 15 is 0 Å². The van der Waals surface area contributed by atoms with Gasteiger partial charge in [0.15, 0.2) is 0 Å². The molecule has 106 valence electrons. The molecular weight excluding hydrogens is 230 g/mol. The molecule has 1 atom stereocenters. The Morgan fingerprint density at radius 1 is 1.50 bits per heavy atom. The molecule has 0 radical (unpaired) electrons. The number of hydrogen-bond acceptors (Lipinski definition) is 4. The van der Waals surface area contributed by atoms with Gasteiger partial charge >= 0.3 is 0 Å². The maximum Gasteiger partial charge on any atom is 0.227 e. The summed E-state index contributed by atoms with van der Waals surface area (Å²) >= 11 is 0. The largest absolute Gasteiger partial charge is 0.374 e. The Morgan fingerprint density at radius 3 is 2.67 bits per heavy atom. The number of amides is 1. The highest BCUT2D eigenvalue weighted by Gasteiger charge is 2.33. The van der Waals surface area contributed by atoms with Gasteiger partial charge in [-0.25, -0.2) is 0 Å². The predicted molar refractivity (Wildman–Crippen MR) is 72.3 cm³/mol. The van der Waals surface area contributed by atoms with Gasteiger partial charge in [-0.2, -0.15) is 0 Å². The highest BCUT2D eigenvalue weighted by molar-refractivity contribution is 5.82. The van der Waals surface area contributed by atoms with Crippen molar-refractivity contribution in [2.45, 2.75) is 32.8 Å². The summed E-state index contributed by atoms with van der Waals surface area (Å²) in [5.74, 6) is 0.0619. The van der Waals surface area contributed by atoms with E-state index in [0.717, 1.165) is 32.5 Å². The third-order valence-electron chi connectivity index (χ3n) is 4.06. The van der Waals surface area contributed by atoms with Crippen molar-refractivity contribution in [2.24, 2.45) is 11.1 Å². The summed E-state index contributed by atoms with van der Waals surface area (Å²) in [5.41, 5.74) is 5.34. The van der Waals surface area contributed by atoms with Crippen LogP contribution in [0.15, 0.2) is 0 Å². The lowest BCUT2D eigenvalue weighted by Gasteiger charge is -2.32. The molecule has 0 aromatic carbocycles. The third kappa shape index (κ3) is 3.67. The zero-order chi connectivity index (χ0) is 13.6. The Hall–Kier alpha value is -0.650. The van der Waals surface area contributed by atoms with Crippen molar-refractivity contribution in [2.75, 3.05) is 39.8 Å². The zero-order valence-corrected chi connectivity index (χ0v) is 11.9. The average molecular weight is 257 g/mol. The molecule has 0 aromatic heterocycles. The minimum Gasteiger partial charge on any atom is -0.374 e. The van der Waals surface area contributed by atoms with Gasteiger partial charge in [-0.15, -0.1) is 0 Å². The van der Waals surface area contributed by atoms with Crippen molar-refractivity contribution in [1.29, 1.82) is 0 Å². The van der Waals surface area contributed by atoms with Crippen LogP contribution in [0.4, 0.5) is 0 Å². The van der Waals surface area contributed by atoms with E-state index in [-0.39, 0.29) is 12.0 Å². The van der Waals surface area contributed by atoms with Crippen molar-refractivity contribution in [3.8, 4) is 0 Å². The topological polar surface area (TPSA) is 67.6 Å². The summed E-state index contributed by atoms with van der Waals surface area (Å²) in [4.78, 5) is 14.4. The van der Waals surface area contributed by atoms with Gasteiger partial charge in [0.05, 0.1) is 18.1 Å². The molecule has 0 bridgehead atoms. The van der Waals surface area contributed by atoms with Crippen LogP contribution in [0.2, 0.25) is 0 Å². The van der Waals surface area contributed by atoms with E-state index in [9.17, 15) is 4.79 Å². The molecule has 1 aliphatic heterocycles. The fourth-order valence-corrected chi connectivity index (χ4v) is 2.34. The van der Waals surface area contributed by atoms with E-state index in [0.29, 0.717) is 13.1 Å². The minimum absolute atomic E-state index is 0.0619. The van der Waals surface area contributed by atoms with Crippen molar-refractivity contribution < 1.29 is 9.53 Å². The normalized spacial score (nSPS) is 21.9. The molecule has 0 aromatic rings. The molecule has 0 aliphatic carbocycles. The number of rotatable bonds is 6. The van der Waals surface area contributed by atoms with Crippen LogP contribution in [0.3, 0.4) is 0 Å². The lowest BCUT2D eigenvalue weighted by Crippen LogP contribution is -2.50. The smallest absolute Gasteiger partial charge is 0.227 e. The second-order valence-corrected chi connectivity index (χ2v) is 5.16. The van der Waals surface area contributed by atoms with Crippen LogP contribution in [-0.2, 0) is 9.53 Å². The number of nitrogens with zero attached hydrogens (tertiary/aromatic N) is 1. The Labute approximate surface area is 110 Å². The lowest BCUT2D eigenvalue weighted by atomic mass is 9.81. The number of carbonyl (C=O) groups is 1. The van der Waals surface area contributed by atoms with Crippen LogP contribution >= 0.6 is 0 Å². The highest BCUT2D eigenvalue weighted by Crippen LogP contribution is 2.24. The summed E-state index contributed by atoms with van der Waals surface area (Å²) in [7, 11) is 2.07. The van der Waals surface area contributed by atoms with E-state index in [1.54, 1.807) is 0 Å². The average Bonchev–Trinajstić information content (AvgIpc) is 2.39. The summed E-state index contributed by atoms with van der Waals surface area (Å²) in [6.45, 7) is 7.57.